The summed E-state index contributed by atoms with van der Waals surface area (Å²) in [6, 6.07) is 0.632. The normalized spacial score (nSPS) is 23.0. The lowest BCUT2D eigenvalue weighted by Gasteiger charge is -2.36. The smallest absolute Gasteiger partial charge is 0.191 e. The van der Waals surface area contributed by atoms with Gasteiger partial charge in [-0.25, -0.2) is 4.98 Å². The second kappa shape index (κ2) is 9.91. The van der Waals surface area contributed by atoms with Crippen LogP contribution in [0.3, 0.4) is 0 Å². The fourth-order valence-electron chi connectivity index (χ4n) is 3.54. The highest BCUT2D eigenvalue weighted by atomic mass is 127. The zero-order valence-corrected chi connectivity index (χ0v) is 18.5. The maximum atomic E-state index is 6.25. The molecule has 1 aromatic heterocycles. The van der Waals surface area contributed by atoms with Crippen LogP contribution < -0.4 is 10.6 Å². The second-order valence-corrected chi connectivity index (χ2v) is 7.96. The molecule has 25 heavy (non-hydrogen) atoms. The monoisotopic (exact) mass is 478 g/mol. The van der Waals surface area contributed by atoms with Gasteiger partial charge in [0.1, 0.15) is 0 Å². The molecule has 0 spiro atoms. The molecule has 0 aliphatic carbocycles. The third-order valence-electron chi connectivity index (χ3n) is 5.09. The molecule has 2 fully saturated rings. The number of guanidine groups is 1. The molecule has 142 valence electrons. The Morgan fingerprint density at radius 3 is 2.72 bits per heavy atom. The van der Waals surface area contributed by atoms with E-state index in [9.17, 15) is 0 Å². The van der Waals surface area contributed by atoms with Gasteiger partial charge >= 0.3 is 0 Å². The average Bonchev–Trinajstić information content (AvgIpc) is 3.14. The van der Waals surface area contributed by atoms with E-state index in [1.165, 1.54) is 19.4 Å². The van der Waals surface area contributed by atoms with Gasteiger partial charge in [-0.3, -0.25) is 4.99 Å². The zero-order chi connectivity index (χ0) is 16.9. The predicted octanol–water partition coefficient (Wildman–Crippen LogP) is 2.32. The third kappa shape index (κ3) is 5.68. The molecule has 0 amide bonds. The molecular weight excluding hydrogens is 447 g/mol. The summed E-state index contributed by atoms with van der Waals surface area (Å²) in [4.78, 5) is 16.2. The van der Waals surface area contributed by atoms with Crippen molar-refractivity contribution >= 4 is 46.4 Å². The summed E-state index contributed by atoms with van der Waals surface area (Å²) in [5.41, 5.74) is 6.25. The molecule has 0 aromatic carbocycles. The number of anilines is 1. The standard InChI is InChI=1S/C17H30N6S.HI/c1-14(2)23-6-3-4-15(13-23)12-20-16(18)21-7-9-22(10-8-21)17-19-5-11-24-17;/h5,11,14-15H,3-4,6-10,12-13H2,1-2H3,(H2,18,20);1H. The number of nitrogens with zero attached hydrogens (tertiary/aromatic N) is 5. The second-order valence-electron chi connectivity index (χ2n) is 7.08. The fourth-order valence-corrected chi connectivity index (χ4v) is 4.23. The Morgan fingerprint density at radius 2 is 2.08 bits per heavy atom. The number of thiazole rings is 1. The molecule has 2 saturated heterocycles. The summed E-state index contributed by atoms with van der Waals surface area (Å²) < 4.78 is 0. The van der Waals surface area contributed by atoms with E-state index in [1.54, 1.807) is 11.3 Å². The van der Waals surface area contributed by atoms with E-state index in [1.807, 2.05) is 11.6 Å². The highest BCUT2D eigenvalue weighted by Gasteiger charge is 2.23. The molecule has 6 nitrogen and oxygen atoms in total. The molecule has 2 aliphatic rings. The van der Waals surface area contributed by atoms with Gasteiger partial charge < -0.3 is 20.4 Å². The number of nitrogens with two attached hydrogens (primary N) is 1. The number of aliphatic imine (C=N–C) groups is 1. The molecule has 8 heteroatoms. The third-order valence-corrected chi connectivity index (χ3v) is 5.92. The first-order valence-electron chi connectivity index (χ1n) is 9.07. The van der Waals surface area contributed by atoms with Gasteiger partial charge in [-0.1, -0.05) is 0 Å². The lowest BCUT2D eigenvalue weighted by molar-refractivity contribution is 0.143. The maximum Gasteiger partial charge on any atom is 0.191 e. The average molecular weight is 478 g/mol. The summed E-state index contributed by atoms with van der Waals surface area (Å²) in [6.45, 7) is 11.6. The fraction of sp³-hybridized carbons (Fsp3) is 0.765. The number of likely N-dealkylation sites (tertiary alicyclic amines) is 1. The van der Waals surface area contributed by atoms with E-state index in [0.29, 0.717) is 12.0 Å². The number of rotatable bonds is 4. The number of hydrogen-bond acceptors (Lipinski definition) is 5. The summed E-state index contributed by atoms with van der Waals surface area (Å²) in [7, 11) is 0. The quantitative estimate of drug-likeness (QED) is 0.409. The Kier molecular flexibility index (Phi) is 8.21. The van der Waals surface area contributed by atoms with Gasteiger partial charge in [0.15, 0.2) is 11.1 Å². The molecule has 1 unspecified atom stereocenters. The van der Waals surface area contributed by atoms with Crippen molar-refractivity contribution in [2.75, 3.05) is 50.7 Å². The molecule has 0 saturated carbocycles. The maximum absolute atomic E-state index is 6.25. The van der Waals surface area contributed by atoms with Crippen LogP contribution in [-0.2, 0) is 0 Å². The predicted molar refractivity (Wildman–Crippen MR) is 117 cm³/mol. The van der Waals surface area contributed by atoms with Gasteiger partial charge in [-0.2, -0.15) is 0 Å². The van der Waals surface area contributed by atoms with Crippen molar-refractivity contribution in [3.05, 3.63) is 11.6 Å². The SMILES string of the molecule is CC(C)N1CCCC(CN=C(N)N2CCN(c3nccs3)CC2)C1.I. The van der Waals surface area contributed by atoms with Crippen molar-refractivity contribution in [2.45, 2.75) is 32.7 Å². The van der Waals surface area contributed by atoms with Gasteiger partial charge in [0.2, 0.25) is 0 Å². The molecular formula is C17H31IN6S. The minimum atomic E-state index is 0. The van der Waals surface area contributed by atoms with Gasteiger partial charge in [-0.15, -0.1) is 35.3 Å². The Bertz CT molecular complexity index is 527. The molecule has 3 rings (SSSR count). The zero-order valence-electron chi connectivity index (χ0n) is 15.3. The first-order chi connectivity index (χ1) is 11.6. The van der Waals surface area contributed by atoms with Gasteiger partial charge in [0.05, 0.1) is 0 Å². The van der Waals surface area contributed by atoms with Crippen LogP contribution in [-0.4, -0.2) is 72.6 Å². The minimum absolute atomic E-state index is 0. The van der Waals surface area contributed by atoms with E-state index in [-0.39, 0.29) is 24.0 Å². The largest absolute Gasteiger partial charge is 0.370 e. The molecule has 2 N–H and O–H groups in total. The van der Waals surface area contributed by atoms with Crippen LogP contribution in [0.1, 0.15) is 26.7 Å². The van der Waals surface area contributed by atoms with E-state index < -0.39 is 0 Å². The van der Waals surface area contributed by atoms with Crippen LogP contribution in [0.25, 0.3) is 0 Å². The molecule has 1 atom stereocenters. The van der Waals surface area contributed by atoms with Crippen molar-refractivity contribution in [2.24, 2.45) is 16.6 Å². The Morgan fingerprint density at radius 1 is 1.32 bits per heavy atom. The first kappa shape index (κ1) is 20.7. The van der Waals surface area contributed by atoms with Gasteiger partial charge in [-0.05, 0) is 39.2 Å². The number of aromatic nitrogens is 1. The van der Waals surface area contributed by atoms with E-state index in [4.69, 9.17) is 10.7 Å². The van der Waals surface area contributed by atoms with Gasteiger partial charge in [0, 0.05) is 56.9 Å². The highest BCUT2D eigenvalue weighted by Crippen LogP contribution is 2.20. The van der Waals surface area contributed by atoms with Crippen molar-refractivity contribution < 1.29 is 0 Å². The number of halogens is 1. The van der Waals surface area contributed by atoms with E-state index >= 15 is 0 Å². The van der Waals surface area contributed by atoms with Crippen LogP contribution >= 0.6 is 35.3 Å². The summed E-state index contributed by atoms with van der Waals surface area (Å²) in [5, 5.41) is 3.14. The van der Waals surface area contributed by atoms with Crippen LogP contribution in [0.4, 0.5) is 5.13 Å². The molecule has 0 radical (unpaired) electrons. The summed E-state index contributed by atoms with van der Waals surface area (Å²) in [6.07, 6.45) is 4.43. The van der Waals surface area contributed by atoms with Crippen LogP contribution in [0.5, 0.6) is 0 Å². The van der Waals surface area contributed by atoms with E-state index in [2.05, 4.69) is 33.5 Å². The van der Waals surface area contributed by atoms with Crippen molar-refractivity contribution in [3.8, 4) is 0 Å². The molecule has 3 heterocycles. The summed E-state index contributed by atoms with van der Waals surface area (Å²) >= 11 is 1.70. The number of hydrogen-bond donors (Lipinski definition) is 1. The first-order valence-corrected chi connectivity index (χ1v) is 9.95. The molecule has 2 aliphatic heterocycles. The van der Waals surface area contributed by atoms with Gasteiger partial charge in [0.25, 0.3) is 0 Å². The number of piperazine rings is 1. The topological polar surface area (TPSA) is 61.0 Å². The van der Waals surface area contributed by atoms with Crippen LogP contribution in [0.2, 0.25) is 0 Å². The lowest BCUT2D eigenvalue weighted by Crippen LogP contribution is -2.51. The van der Waals surface area contributed by atoms with Crippen LogP contribution in [0.15, 0.2) is 16.6 Å². The van der Waals surface area contributed by atoms with E-state index in [0.717, 1.165) is 50.4 Å². The highest BCUT2D eigenvalue weighted by molar-refractivity contribution is 14.0. The van der Waals surface area contributed by atoms with Crippen molar-refractivity contribution in [1.29, 1.82) is 0 Å². The molecule has 1 aromatic rings. The Labute approximate surface area is 172 Å². The van der Waals surface area contributed by atoms with Crippen molar-refractivity contribution in [1.82, 2.24) is 14.8 Å². The summed E-state index contributed by atoms with van der Waals surface area (Å²) in [5.74, 6) is 1.37. The Balaban J connectivity index is 0.00000225. The molecule has 0 bridgehead atoms. The Hall–Kier alpha value is -0.610. The van der Waals surface area contributed by atoms with Crippen molar-refractivity contribution in [3.63, 3.8) is 0 Å². The number of piperidine rings is 1. The van der Waals surface area contributed by atoms with Crippen LogP contribution in [0, 0.1) is 5.92 Å². The minimum Gasteiger partial charge on any atom is -0.370 e. The lowest BCUT2D eigenvalue weighted by atomic mass is 9.97.